The van der Waals surface area contributed by atoms with Crippen LogP contribution in [0.3, 0.4) is 0 Å². The van der Waals surface area contributed by atoms with Gasteiger partial charge in [0.05, 0.1) is 13.2 Å². The van der Waals surface area contributed by atoms with E-state index >= 15 is 0 Å². The van der Waals surface area contributed by atoms with E-state index in [1.165, 1.54) is 0 Å². The monoisotopic (exact) mass is 202 g/mol. The predicted molar refractivity (Wildman–Crippen MR) is 52.9 cm³/mol. The molecule has 0 aromatic heterocycles. The van der Waals surface area contributed by atoms with Gasteiger partial charge >= 0.3 is 6.09 Å². The maximum atomic E-state index is 11.1. The topological polar surface area (TPSA) is 67.4 Å². The van der Waals surface area contributed by atoms with Gasteiger partial charge in [0.2, 0.25) is 5.91 Å². The number of amides is 2. The summed E-state index contributed by atoms with van der Waals surface area (Å²) in [5, 5.41) is 5.00. The van der Waals surface area contributed by atoms with Gasteiger partial charge in [0.1, 0.15) is 0 Å². The molecule has 14 heavy (non-hydrogen) atoms. The second-order valence-corrected chi connectivity index (χ2v) is 3.27. The Balaban J connectivity index is 3.48. The SMILES string of the molecule is CCOC(=O)NCC(=O)NCC(C)C. The van der Waals surface area contributed by atoms with Crippen LogP contribution in [0.4, 0.5) is 4.79 Å². The molecule has 0 spiro atoms. The molecule has 82 valence electrons. The van der Waals surface area contributed by atoms with Crippen molar-refractivity contribution in [2.45, 2.75) is 20.8 Å². The van der Waals surface area contributed by atoms with E-state index in [9.17, 15) is 9.59 Å². The molecular weight excluding hydrogens is 184 g/mol. The van der Waals surface area contributed by atoms with Crippen molar-refractivity contribution >= 4 is 12.0 Å². The summed E-state index contributed by atoms with van der Waals surface area (Å²) in [4.78, 5) is 21.8. The average molecular weight is 202 g/mol. The minimum atomic E-state index is -0.563. The van der Waals surface area contributed by atoms with Crippen LogP contribution >= 0.6 is 0 Å². The molecule has 0 atom stereocenters. The highest BCUT2D eigenvalue weighted by molar-refractivity contribution is 5.82. The largest absolute Gasteiger partial charge is 0.450 e. The molecule has 0 aromatic rings. The first-order valence-corrected chi connectivity index (χ1v) is 4.73. The van der Waals surface area contributed by atoms with Crippen molar-refractivity contribution < 1.29 is 14.3 Å². The average Bonchev–Trinajstić information content (AvgIpc) is 2.12. The Morgan fingerprint density at radius 2 is 1.93 bits per heavy atom. The molecule has 5 nitrogen and oxygen atoms in total. The molecule has 0 unspecified atom stereocenters. The van der Waals surface area contributed by atoms with Crippen LogP contribution in [-0.2, 0) is 9.53 Å². The van der Waals surface area contributed by atoms with E-state index < -0.39 is 6.09 Å². The van der Waals surface area contributed by atoms with E-state index in [0.29, 0.717) is 19.1 Å². The lowest BCUT2D eigenvalue weighted by Gasteiger charge is -2.08. The van der Waals surface area contributed by atoms with Gasteiger partial charge in [-0.2, -0.15) is 0 Å². The second kappa shape index (κ2) is 7.17. The lowest BCUT2D eigenvalue weighted by atomic mass is 10.2. The highest BCUT2D eigenvalue weighted by Crippen LogP contribution is 1.86. The summed E-state index contributed by atoms with van der Waals surface area (Å²) in [6, 6.07) is 0. The van der Waals surface area contributed by atoms with Crippen molar-refractivity contribution in [3.05, 3.63) is 0 Å². The Morgan fingerprint density at radius 3 is 2.43 bits per heavy atom. The number of rotatable bonds is 5. The molecule has 0 rings (SSSR count). The van der Waals surface area contributed by atoms with Gasteiger partial charge in [-0.3, -0.25) is 4.79 Å². The highest BCUT2D eigenvalue weighted by Gasteiger charge is 2.05. The lowest BCUT2D eigenvalue weighted by Crippen LogP contribution is -2.38. The fourth-order valence-electron chi connectivity index (χ4n) is 0.715. The molecule has 0 radical (unpaired) electrons. The van der Waals surface area contributed by atoms with Crippen LogP contribution in [0.15, 0.2) is 0 Å². The molecule has 0 aliphatic rings. The quantitative estimate of drug-likeness (QED) is 0.682. The lowest BCUT2D eigenvalue weighted by molar-refractivity contribution is -0.120. The van der Waals surface area contributed by atoms with Crippen molar-refractivity contribution in [3.8, 4) is 0 Å². The molecule has 0 heterocycles. The molecule has 0 fully saturated rings. The zero-order valence-electron chi connectivity index (χ0n) is 8.92. The molecule has 0 bridgehead atoms. The molecule has 0 saturated carbocycles. The molecule has 5 heteroatoms. The van der Waals surface area contributed by atoms with Crippen LogP contribution in [-0.4, -0.2) is 31.7 Å². The predicted octanol–water partition coefficient (Wildman–Crippen LogP) is 0.505. The minimum Gasteiger partial charge on any atom is -0.450 e. The summed E-state index contributed by atoms with van der Waals surface area (Å²) in [6.07, 6.45) is -0.563. The van der Waals surface area contributed by atoms with E-state index in [1.54, 1.807) is 6.92 Å². The van der Waals surface area contributed by atoms with Crippen LogP contribution in [0.1, 0.15) is 20.8 Å². The first kappa shape index (κ1) is 12.7. The zero-order valence-corrected chi connectivity index (χ0v) is 8.92. The second-order valence-electron chi connectivity index (χ2n) is 3.27. The van der Waals surface area contributed by atoms with Crippen molar-refractivity contribution in [3.63, 3.8) is 0 Å². The molecule has 2 amide bonds. The molecule has 2 N–H and O–H groups in total. The van der Waals surface area contributed by atoms with Gasteiger partial charge in [0.25, 0.3) is 0 Å². The van der Waals surface area contributed by atoms with Crippen molar-refractivity contribution in [1.29, 1.82) is 0 Å². The first-order chi connectivity index (χ1) is 6.56. The summed E-state index contributed by atoms with van der Waals surface area (Å²) in [5.41, 5.74) is 0. The molecule has 0 aliphatic carbocycles. The van der Waals surface area contributed by atoms with E-state index in [-0.39, 0.29) is 12.5 Å². The normalized spacial score (nSPS) is 9.71. The Morgan fingerprint density at radius 1 is 1.29 bits per heavy atom. The maximum absolute atomic E-state index is 11.1. The van der Waals surface area contributed by atoms with Crippen LogP contribution in [0, 0.1) is 5.92 Å². The third-order valence-corrected chi connectivity index (χ3v) is 1.38. The standard InChI is InChI=1S/C9H18N2O3/c1-4-14-9(13)11-6-8(12)10-5-7(2)3/h7H,4-6H2,1-3H3,(H,10,12)(H,11,13). The first-order valence-electron chi connectivity index (χ1n) is 4.73. The van der Waals surface area contributed by atoms with E-state index in [4.69, 9.17) is 0 Å². The summed E-state index contributed by atoms with van der Waals surface area (Å²) in [5.74, 6) is 0.202. The van der Waals surface area contributed by atoms with Crippen LogP contribution in [0.2, 0.25) is 0 Å². The van der Waals surface area contributed by atoms with Gasteiger partial charge in [-0.05, 0) is 12.8 Å². The van der Waals surface area contributed by atoms with Crippen molar-refractivity contribution in [1.82, 2.24) is 10.6 Å². The fraction of sp³-hybridized carbons (Fsp3) is 0.778. The van der Waals surface area contributed by atoms with Crippen LogP contribution < -0.4 is 10.6 Å². The number of carbonyl (C=O) groups is 2. The minimum absolute atomic E-state index is 0.0362. The number of nitrogens with one attached hydrogen (secondary N) is 2. The number of carbonyl (C=O) groups excluding carboxylic acids is 2. The summed E-state index contributed by atoms with van der Waals surface area (Å²) in [6.45, 7) is 6.59. The summed E-state index contributed by atoms with van der Waals surface area (Å²) in [7, 11) is 0. The number of hydrogen-bond donors (Lipinski definition) is 2. The third kappa shape index (κ3) is 7.39. The van der Waals surface area contributed by atoms with Crippen LogP contribution in [0.5, 0.6) is 0 Å². The van der Waals surface area contributed by atoms with Gasteiger partial charge < -0.3 is 15.4 Å². The molecule has 0 saturated heterocycles. The summed E-state index contributed by atoms with van der Waals surface area (Å²) >= 11 is 0. The Kier molecular flexibility index (Phi) is 6.53. The van der Waals surface area contributed by atoms with Crippen LogP contribution in [0.25, 0.3) is 0 Å². The molecular formula is C9H18N2O3. The third-order valence-electron chi connectivity index (χ3n) is 1.38. The fourth-order valence-corrected chi connectivity index (χ4v) is 0.715. The number of hydrogen-bond acceptors (Lipinski definition) is 3. The van der Waals surface area contributed by atoms with Gasteiger partial charge in [0.15, 0.2) is 0 Å². The van der Waals surface area contributed by atoms with Gasteiger partial charge in [-0.15, -0.1) is 0 Å². The van der Waals surface area contributed by atoms with Gasteiger partial charge in [-0.1, -0.05) is 13.8 Å². The molecule has 0 aliphatic heterocycles. The van der Waals surface area contributed by atoms with E-state index in [0.717, 1.165) is 0 Å². The van der Waals surface area contributed by atoms with Gasteiger partial charge in [0, 0.05) is 6.54 Å². The number of ether oxygens (including phenoxy) is 1. The number of alkyl carbamates (subject to hydrolysis) is 1. The van der Waals surface area contributed by atoms with E-state index in [1.807, 2.05) is 13.8 Å². The zero-order chi connectivity index (χ0) is 11.0. The Hall–Kier alpha value is -1.26. The van der Waals surface area contributed by atoms with Gasteiger partial charge in [-0.25, -0.2) is 4.79 Å². The smallest absolute Gasteiger partial charge is 0.407 e. The van der Waals surface area contributed by atoms with Crippen molar-refractivity contribution in [2.24, 2.45) is 5.92 Å². The maximum Gasteiger partial charge on any atom is 0.407 e. The summed E-state index contributed by atoms with van der Waals surface area (Å²) < 4.78 is 4.59. The Bertz CT molecular complexity index is 192. The highest BCUT2D eigenvalue weighted by atomic mass is 16.5. The Labute approximate surface area is 84.2 Å². The van der Waals surface area contributed by atoms with E-state index in [2.05, 4.69) is 15.4 Å². The van der Waals surface area contributed by atoms with Crippen molar-refractivity contribution in [2.75, 3.05) is 19.7 Å². The molecule has 0 aromatic carbocycles.